The van der Waals surface area contributed by atoms with Gasteiger partial charge >= 0.3 is 5.97 Å². The molecule has 2 N–H and O–H groups in total. The Balaban J connectivity index is 1.45. The van der Waals surface area contributed by atoms with Gasteiger partial charge in [-0.2, -0.15) is 0 Å². The highest BCUT2D eigenvalue weighted by molar-refractivity contribution is 6.30. The molecule has 0 unspecified atom stereocenters. The number of aliphatic hydroxyl groups excluding tert-OH is 1. The highest BCUT2D eigenvalue weighted by Crippen LogP contribution is 2.42. The number of hydrogen-bond donors (Lipinski definition) is 2. The fourth-order valence-electron chi connectivity index (χ4n) is 5.94. The van der Waals surface area contributed by atoms with Crippen molar-refractivity contribution in [2.45, 2.75) is 64.0 Å². The number of carboxylic acids is 1. The Kier molecular flexibility index (Phi) is 11.0. The average Bonchev–Trinajstić information content (AvgIpc) is 3.29. The number of nitrogens with zero attached hydrogens (tertiary/aromatic N) is 6. The number of aliphatic carboxylic acids is 1. The van der Waals surface area contributed by atoms with Crippen molar-refractivity contribution in [2.24, 2.45) is 0 Å². The third kappa shape index (κ3) is 8.01. The molecule has 1 aromatic heterocycles. The third-order valence-corrected chi connectivity index (χ3v) is 8.84. The van der Waals surface area contributed by atoms with Gasteiger partial charge in [0.25, 0.3) is 0 Å². The van der Waals surface area contributed by atoms with Crippen molar-refractivity contribution in [1.29, 1.82) is 0 Å². The Hall–Kier alpha value is -3.28. The molecule has 2 heterocycles. The number of anilines is 1. The molecule has 234 valence electrons. The summed E-state index contributed by atoms with van der Waals surface area (Å²) in [6.07, 6.45) is 1.35. The van der Waals surface area contributed by atoms with Crippen molar-refractivity contribution in [3.63, 3.8) is 0 Å². The van der Waals surface area contributed by atoms with Crippen LogP contribution in [0.15, 0.2) is 30.6 Å². The Bertz CT molecular complexity index is 1280. The van der Waals surface area contributed by atoms with E-state index in [1.54, 1.807) is 24.1 Å². The molecule has 2 aliphatic rings. The van der Waals surface area contributed by atoms with Crippen LogP contribution in [0.4, 0.5) is 5.82 Å². The van der Waals surface area contributed by atoms with Gasteiger partial charge in [0.2, 0.25) is 11.8 Å². The van der Waals surface area contributed by atoms with Gasteiger partial charge < -0.3 is 24.9 Å². The van der Waals surface area contributed by atoms with Crippen molar-refractivity contribution >= 4 is 35.2 Å². The van der Waals surface area contributed by atoms with Crippen molar-refractivity contribution in [3.8, 4) is 0 Å². The standard InChI is InChI=1S/C31H43ClN6O5/c1-20(2)38(12-11-35(4)26(40)9-10-27(41)42)18-24(22-5-7-23(32)8-6-22)31(43)37-15-13-36(14-16-37)30-28-21(3)17-25(39)29(28)33-19-34-30/h5-8,19-21,24-25,39H,9-18H2,1-4H3,(H,41,42)/t21-,24-,25-/m1/s1. The molecule has 0 bridgehead atoms. The van der Waals surface area contributed by atoms with Crippen LogP contribution in [0.3, 0.4) is 0 Å². The number of hydrogen-bond acceptors (Lipinski definition) is 8. The summed E-state index contributed by atoms with van der Waals surface area (Å²) in [6, 6.07) is 7.51. The molecule has 1 aliphatic carbocycles. The zero-order chi connectivity index (χ0) is 31.3. The number of amides is 2. The Morgan fingerprint density at radius 2 is 1.72 bits per heavy atom. The van der Waals surface area contributed by atoms with Gasteiger partial charge in [0.05, 0.1) is 24.1 Å². The molecule has 1 aliphatic heterocycles. The van der Waals surface area contributed by atoms with E-state index in [1.807, 2.05) is 17.0 Å². The molecule has 1 saturated heterocycles. The largest absolute Gasteiger partial charge is 0.481 e. The lowest BCUT2D eigenvalue weighted by molar-refractivity contribution is -0.140. The number of benzene rings is 1. The molecule has 3 atom stereocenters. The van der Waals surface area contributed by atoms with E-state index in [9.17, 15) is 19.5 Å². The lowest BCUT2D eigenvalue weighted by Gasteiger charge is -2.39. The second kappa shape index (κ2) is 14.5. The highest BCUT2D eigenvalue weighted by atomic mass is 35.5. The number of fused-ring (bicyclic) bond motifs is 1. The molecular formula is C31H43ClN6O5. The van der Waals surface area contributed by atoms with Crippen LogP contribution in [0.5, 0.6) is 0 Å². The van der Waals surface area contributed by atoms with E-state index in [4.69, 9.17) is 16.7 Å². The minimum Gasteiger partial charge on any atom is -0.481 e. The topological polar surface area (TPSA) is 130 Å². The second-order valence-corrected chi connectivity index (χ2v) is 12.3. The SMILES string of the molecule is CC(C)N(CCN(C)C(=O)CCC(=O)O)C[C@@H](C(=O)N1CCN(c2ncnc3c2[C@H](C)C[C@H]3O)CC1)c1ccc(Cl)cc1. The molecule has 43 heavy (non-hydrogen) atoms. The number of aromatic nitrogens is 2. The molecule has 12 heteroatoms. The minimum atomic E-state index is -0.995. The maximum atomic E-state index is 14.1. The van der Waals surface area contributed by atoms with E-state index in [-0.39, 0.29) is 36.6 Å². The normalized spacial score (nSPS) is 19.1. The second-order valence-electron chi connectivity index (χ2n) is 11.9. The quantitative estimate of drug-likeness (QED) is 0.370. The van der Waals surface area contributed by atoms with Gasteiger partial charge in [0.1, 0.15) is 12.1 Å². The number of halogens is 1. The Morgan fingerprint density at radius 1 is 1.05 bits per heavy atom. The van der Waals surface area contributed by atoms with Crippen LogP contribution in [0.1, 0.15) is 74.8 Å². The smallest absolute Gasteiger partial charge is 0.303 e. The predicted molar refractivity (Wildman–Crippen MR) is 164 cm³/mol. The van der Waals surface area contributed by atoms with E-state index in [0.717, 1.165) is 16.9 Å². The molecule has 0 radical (unpaired) electrons. The summed E-state index contributed by atoms with van der Waals surface area (Å²) in [5.74, 6) is -0.586. The molecule has 1 fully saturated rings. The van der Waals surface area contributed by atoms with Gasteiger partial charge in [-0.3, -0.25) is 19.3 Å². The van der Waals surface area contributed by atoms with E-state index in [0.29, 0.717) is 63.0 Å². The highest BCUT2D eigenvalue weighted by Gasteiger charge is 2.35. The van der Waals surface area contributed by atoms with Crippen LogP contribution in [-0.4, -0.2) is 112 Å². The van der Waals surface area contributed by atoms with Crippen molar-refractivity contribution in [2.75, 3.05) is 57.8 Å². The first-order valence-electron chi connectivity index (χ1n) is 15.0. The van der Waals surface area contributed by atoms with Crippen molar-refractivity contribution in [3.05, 3.63) is 52.4 Å². The first-order valence-corrected chi connectivity index (χ1v) is 15.4. The van der Waals surface area contributed by atoms with E-state index in [2.05, 4.69) is 40.5 Å². The molecule has 4 rings (SSSR count). The molecule has 2 amide bonds. The van der Waals surface area contributed by atoms with Gasteiger partial charge in [-0.05, 0) is 43.9 Å². The Labute approximate surface area is 258 Å². The summed E-state index contributed by atoms with van der Waals surface area (Å²) >= 11 is 6.18. The molecule has 0 spiro atoms. The van der Waals surface area contributed by atoms with E-state index >= 15 is 0 Å². The zero-order valence-electron chi connectivity index (χ0n) is 25.4. The maximum absolute atomic E-state index is 14.1. The van der Waals surface area contributed by atoms with E-state index in [1.165, 1.54) is 6.33 Å². The molecule has 11 nitrogen and oxygen atoms in total. The summed E-state index contributed by atoms with van der Waals surface area (Å²) in [5.41, 5.74) is 2.60. The lowest BCUT2D eigenvalue weighted by atomic mass is 9.95. The van der Waals surface area contributed by atoms with Gasteiger partial charge in [0.15, 0.2) is 0 Å². The maximum Gasteiger partial charge on any atom is 0.303 e. The first kappa shape index (κ1) is 32.6. The number of carboxylic acid groups (broad SMARTS) is 1. The third-order valence-electron chi connectivity index (χ3n) is 8.59. The number of carbonyl (C=O) groups is 3. The fraction of sp³-hybridized carbons (Fsp3) is 0.581. The molecule has 2 aromatic rings. The monoisotopic (exact) mass is 614 g/mol. The number of aliphatic hydroxyl groups is 1. The number of piperazine rings is 1. The summed E-state index contributed by atoms with van der Waals surface area (Å²) in [6.45, 7) is 9.98. The van der Waals surface area contributed by atoms with Crippen LogP contribution >= 0.6 is 11.6 Å². The van der Waals surface area contributed by atoms with Gasteiger partial charge in [-0.15, -0.1) is 0 Å². The number of rotatable bonds is 12. The first-order chi connectivity index (χ1) is 20.5. The summed E-state index contributed by atoms with van der Waals surface area (Å²) in [7, 11) is 1.68. The minimum absolute atomic E-state index is 0.0372. The van der Waals surface area contributed by atoms with Crippen LogP contribution < -0.4 is 4.90 Å². The summed E-state index contributed by atoms with van der Waals surface area (Å²) < 4.78 is 0. The lowest BCUT2D eigenvalue weighted by Crippen LogP contribution is -2.52. The van der Waals surface area contributed by atoms with Crippen LogP contribution in [0, 0.1) is 0 Å². The summed E-state index contributed by atoms with van der Waals surface area (Å²) in [5, 5.41) is 19.9. The predicted octanol–water partition coefficient (Wildman–Crippen LogP) is 3.14. The zero-order valence-corrected chi connectivity index (χ0v) is 26.2. The van der Waals surface area contributed by atoms with Crippen LogP contribution in [0.25, 0.3) is 0 Å². The molecule has 0 saturated carbocycles. The van der Waals surface area contributed by atoms with Crippen LogP contribution in [-0.2, 0) is 14.4 Å². The van der Waals surface area contributed by atoms with E-state index < -0.39 is 18.0 Å². The van der Waals surface area contributed by atoms with Crippen molar-refractivity contribution in [1.82, 2.24) is 24.7 Å². The average molecular weight is 615 g/mol. The molecular weight excluding hydrogens is 572 g/mol. The van der Waals surface area contributed by atoms with Gasteiger partial charge in [-0.25, -0.2) is 9.97 Å². The fourth-order valence-corrected chi connectivity index (χ4v) is 6.06. The number of carbonyl (C=O) groups excluding carboxylic acids is 2. The number of likely N-dealkylation sites (N-methyl/N-ethyl adjacent to an activating group) is 1. The van der Waals surface area contributed by atoms with Crippen molar-refractivity contribution < 1.29 is 24.6 Å². The van der Waals surface area contributed by atoms with Gasteiger partial charge in [-0.1, -0.05) is 30.7 Å². The Morgan fingerprint density at radius 3 is 2.35 bits per heavy atom. The van der Waals surface area contributed by atoms with Crippen LogP contribution in [0.2, 0.25) is 5.02 Å². The molecule has 1 aromatic carbocycles. The van der Waals surface area contributed by atoms with Gasteiger partial charge in [0, 0.05) is 75.9 Å². The summed E-state index contributed by atoms with van der Waals surface area (Å²) in [4.78, 5) is 54.1.